The van der Waals surface area contributed by atoms with Gasteiger partial charge in [0.15, 0.2) is 0 Å². The first-order valence-electron chi connectivity index (χ1n) is 18.8. The predicted octanol–water partition coefficient (Wildman–Crippen LogP) is 14.2. The van der Waals surface area contributed by atoms with Crippen LogP contribution in [0.25, 0.3) is 77.3 Å². The number of hydrogen-bond acceptors (Lipinski definition) is 3. The van der Waals surface area contributed by atoms with E-state index in [1.807, 2.05) is 66.7 Å². The average molecular weight is 720 g/mol. The fraction of sp³-hybridized carbons (Fsp3) is 0. The van der Waals surface area contributed by atoms with Crippen LogP contribution in [0, 0.1) is 5.82 Å². The molecule has 0 aliphatic heterocycles. The molecule has 10 aromatic rings. The molecule has 0 aliphatic carbocycles. The molecule has 0 saturated heterocycles. The van der Waals surface area contributed by atoms with Gasteiger partial charge in [-0.3, -0.25) is 0 Å². The molecule has 10 rings (SSSR count). The first-order valence-corrected chi connectivity index (χ1v) is 18.8. The lowest BCUT2D eigenvalue weighted by Gasteiger charge is -2.26. The van der Waals surface area contributed by atoms with Crippen molar-refractivity contribution >= 4 is 49.6 Å². The fourth-order valence-electron chi connectivity index (χ4n) is 7.70. The van der Waals surface area contributed by atoms with E-state index < -0.39 is 0 Å². The van der Waals surface area contributed by atoms with E-state index in [1.165, 1.54) is 12.1 Å². The molecule has 0 fully saturated rings. The van der Waals surface area contributed by atoms with Crippen LogP contribution in [0.4, 0.5) is 21.5 Å². The topological polar surface area (TPSA) is 29.0 Å². The molecule has 0 amide bonds. The molecular weight excluding hydrogens is 686 g/mol. The Morgan fingerprint density at radius 3 is 1.38 bits per heavy atom. The second-order valence-electron chi connectivity index (χ2n) is 14.0. The van der Waals surface area contributed by atoms with Gasteiger partial charge >= 0.3 is 0 Å². The number of rotatable bonds is 7. The Hall–Kier alpha value is -7.43. The van der Waals surface area contributed by atoms with Gasteiger partial charge in [0.25, 0.3) is 0 Å². The molecule has 0 bridgehead atoms. The number of nitrogens with zero attached hydrogens (tertiary/aromatic N) is 3. The summed E-state index contributed by atoms with van der Waals surface area (Å²) in [4.78, 5) is 12.9. The number of aromatic nitrogens is 2. The van der Waals surface area contributed by atoms with Crippen LogP contribution in [0.5, 0.6) is 0 Å². The Bertz CT molecular complexity index is 2980. The minimum Gasteiger partial charge on any atom is -0.311 e. The minimum atomic E-state index is -0.265. The van der Waals surface area contributed by atoms with E-state index in [2.05, 4.69) is 132 Å². The lowest BCUT2D eigenvalue weighted by atomic mass is 9.95. The van der Waals surface area contributed by atoms with Gasteiger partial charge in [0.05, 0.1) is 22.4 Å². The number of hydrogen-bond donors (Lipinski definition) is 0. The zero-order valence-electron chi connectivity index (χ0n) is 30.3. The maximum Gasteiger partial charge on any atom is 0.123 e. The first kappa shape index (κ1) is 33.2. The van der Waals surface area contributed by atoms with Crippen molar-refractivity contribution in [2.45, 2.75) is 0 Å². The van der Waals surface area contributed by atoms with Gasteiger partial charge in [-0.25, -0.2) is 14.4 Å². The predicted molar refractivity (Wildman–Crippen MR) is 231 cm³/mol. The van der Waals surface area contributed by atoms with Gasteiger partial charge in [0.2, 0.25) is 0 Å². The maximum atomic E-state index is 14.1. The third-order valence-electron chi connectivity index (χ3n) is 10.5. The molecule has 0 aliphatic rings. The van der Waals surface area contributed by atoms with Crippen LogP contribution in [0.2, 0.25) is 0 Å². The Morgan fingerprint density at radius 2 is 0.786 bits per heavy atom. The normalized spacial score (nSPS) is 11.3. The van der Waals surface area contributed by atoms with Gasteiger partial charge in [-0.15, -0.1) is 0 Å². The summed E-state index contributed by atoms with van der Waals surface area (Å²) in [6.07, 6.45) is 0. The van der Waals surface area contributed by atoms with Crippen molar-refractivity contribution in [3.8, 4) is 44.8 Å². The summed E-state index contributed by atoms with van der Waals surface area (Å²) < 4.78 is 14.1. The monoisotopic (exact) mass is 719 g/mol. The SMILES string of the molecule is Fc1ccc(N(c2ccc(-c3ccccc3)cc2)c2ccc(-c3ccc4ccc5ccc6nc(-c7ccccc7)c(-c7ccccc7)nc6c5c4c3)cc2)cc1. The molecule has 1 aromatic heterocycles. The van der Waals surface area contributed by atoms with Crippen molar-refractivity contribution in [2.24, 2.45) is 0 Å². The quantitative estimate of drug-likeness (QED) is 0.154. The van der Waals surface area contributed by atoms with Gasteiger partial charge in [-0.05, 0) is 99.1 Å². The van der Waals surface area contributed by atoms with Crippen molar-refractivity contribution in [1.82, 2.24) is 9.97 Å². The Labute approximate surface area is 324 Å². The highest BCUT2D eigenvalue weighted by atomic mass is 19.1. The smallest absolute Gasteiger partial charge is 0.123 e. The summed E-state index contributed by atoms with van der Waals surface area (Å²) in [5.74, 6) is -0.265. The zero-order valence-corrected chi connectivity index (χ0v) is 30.3. The molecule has 0 radical (unpaired) electrons. The molecule has 3 nitrogen and oxygen atoms in total. The molecular formula is C52H34FN3. The van der Waals surface area contributed by atoms with Crippen LogP contribution in [-0.4, -0.2) is 9.97 Å². The molecule has 0 saturated carbocycles. The largest absolute Gasteiger partial charge is 0.311 e. The molecule has 0 N–H and O–H groups in total. The second kappa shape index (κ2) is 14.1. The lowest BCUT2D eigenvalue weighted by Crippen LogP contribution is -2.09. The summed E-state index contributed by atoms with van der Waals surface area (Å²) in [7, 11) is 0. The van der Waals surface area contributed by atoms with Crippen molar-refractivity contribution in [3.05, 3.63) is 212 Å². The van der Waals surface area contributed by atoms with E-state index in [1.54, 1.807) is 0 Å². The van der Waals surface area contributed by atoms with Crippen molar-refractivity contribution in [2.75, 3.05) is 4.90 Å². The average Bonchev–Trinajstić information content (AvgIpc) is 3.27. The highest BCUT2D eigenvalue weighted by Crippen LogP contribution is 2.39. The van der Waals surface area contributed by atoms with E-state index in [-0.39, 0.29) is 5.82 Å². The number of benzene rings is 9. The minimum absolute atomic E-state index is 0.265. The summed E-state index contributed by atoms with van der Waals surface area (Å²) in [6.45, 7) is 0. The van der Waals surface area contributed by atoms with Crippen LogP contribution in [-0.2, 0) is 0 Å². The van der Waals surface area contributed by atoms with E-state index in [4.69, 9.17) is 9.97 Å². The van der Waals surface area contributed by atoms with Crippen LogP contribution in [0.3, 0.4) is 0 Å². The molecule has 0 spiro atoms. The Kier molecular flexibility index (Phi) is 8.34. The first-order chi connectivity index (χ1) is 27.7. The molecule has 56 heavy (non-hydrogen) atoms. The van der Waals surface area contributed by atoms with Gasteiger partial charge in [0, 0.05) is 33.6 Å². The van der Waals surface area contributed by atoms with Gasteiger partial charge in [-0.2, -0.15) is 0 Å². The number of fused-ring (bicyclic) bond motifs is 5. The zero-order chi connectivity index (χ0) is 37.4. The summed E-state index contributed by atoms with van der Waals surface area (Å²) in [6, 6.07) is 70.0. The second-order valence-corrected chi connectivity index (χ2v) is 14.0. The number of halogens is 1. The van der Waals surface area contributed by atoms with Gasteiger partial charge in [0.1, 0.15) is 5.82 Å². The van der Waals surface area contributed by atoms with E-state index >= 15 is 0 Å². The molecule has 1 heterocycles. The third-order valence-corrected chi connectivity index (χ3v) is 10.5. The summed E-state index contributed by atoms with van der Waals surface area (Å²) in [5, 5.41) is 4.47. The van der Waals surface area contributed by atoms with Crippen molar-refractivity contribution in [3.63, 3.8) is 0 Å². The van der Waals surface area contributed by atoms with E-state index in [9.17, 15) is 4.39 Å². The third kappa shape index (κ3) is 6.13. The van der Waals surface area contributed by atoms with Gasteiger partial charge in [-0.1, -0.05) is 146 Å². The van der Waals surface area contributed by atoms with Gasteiger partial charge < -0.3 is 4.90 Å². The molecule has 9 aromatic carbocycles. The summed E-state index contributed by atoms with van der Waals surface area (Å²) in [5.41, 5.74) is 12.9. The summed E-state index contributed by atoms with van der Waals surface area (Å²) >= 11 is 0. The molecule has 0 unspecified atom stereocenters. The van der Waals surface area contributed by atoms with Crippen LogP contribution < -0.4 is 4.90 Å². The van der Waals surface area contributed by atoms with E-state index in [0.29, 0.717) is 0 Å². The van der Waals surface area contributed by atoms with Crippen LogP contribution in [0.1, 0.15) is 0 Å². The van der Waals surface area contributed by atoms with E-state index in [0.717, 1.165) is 94.4 Å². The maximum absolute atomic E-state index is 14.1. The van der Waals surface area contributed by atoms with Crippen LogP contribution >= 0.6 is 0 Å². The van der Waals surface area contributed by atoms with Crippen molar-refractivity contribution < 1.29 is 4.39 Å². The standard InChI is InChI=1S/C52H34FN3/c53-43-25-31-46(32-26-43)56(44-27-20-36(21-28-44)35-10-4-1-5-11-35)45-29-22-37(23-30-45)42-19-17-38-16-18-39-24-33-48-52(49(39)47(38)34-42)55-51(41-14-8-3-9-15-41)50(54-48)40-12-6-2-7-13-40/h1-34H. The van der Waals surface area contributed by atoms with Crippen molar-refractivity contribution in [1.29, 1.82) is 0 Å². The molecule has 0 atom stereocenters. The Morgan fingerprint density at radius 1 is 0.357 bits per heavy atom. The molecule has 4 heteroatoms. The Balaban J connectivity index is 1.08. The van der Waals surface area contributed by atoms with Crippen LogP contribution in [0.15, 0.2) is 206 Å². The molecule has 264 valence electrons. The highest BCUT2D eigenvalue weighted by molar-refractivity contribution is 6.19. The lowest BCUT2D eigenvalue weighted by molar-refractivity contribution is 0.628. The number of anilines is 3. The fourth-order valence-corrected chi connectivity index (χ4v) is 7.70. The highest BCUT2D eigenvalue weighted by Gasteiger charge is 2.17.